The molecule has 2 aliphatic rings. The monoisotopic (exact) mass is 237 g/mol. The van der Waals surface area contributed by atoms with Crippen molar-refractivity contribution >= 4 is 11.8 Å². The van der Waals surface area contributed by atoms with Gasteiger partial charge in [0.1, 0.15) is 0 Å². The topological polar surface area (TPSA) is 3.24 Å². The summed E-state index contributed by atoms with van der Waals surface area (Å²) >= 11 is 1.99. The normalized spacial score (nSPS) is 35.7. The van der Waals surface area contributed by atoms with Crippen molar-refractivity contribution < 1.29 is 0 Å². The third kappa shape index (κ3) is 2.04. The van der Waals surface area contributed by atoms with E-state index < -0.39 is 0 Å². The summed E-state index contributed by atoms with van der Waals surface area (Å²) in [7, 11) is 0. The molecule has 0 fully saturated rings. The van der Waals surface area contributed by atoms with Crippen molar-refractivity contribution in [1.82, 2.24) is 4.90 Å². The van der Waals surface area contributed by atoms with E-state index in [0.717, 1.165) is 17.7 Å². The van der Waals surface area contributed by atoms with Crippen LogP contribution in [0.25, 0.3) is 0 Å². The van der Waals surface area contributed by atoms with E-state index in [2.05, 4.69) is 45.6 Å². The van der Waals surface area contributed by atoms with Gasteiger partial charge in [0.15, 0.2) is 0 Å². The highest BCUT2D eigenvalue weighted by atomic mass is 32.2. The van der Waals surface area contributed by atoms with Gasteiger partial charge in [-0.25, -0.2) is 0 Å². The van der Waals surface area contributed by atoms with Gasteiger partial charge in [-0.2, -0.15) is 0 Å². The lowest BCUT2D eigenvalue weighted by Crippen LogP contribution is -2.40. The molecule has 1 aliphatic carbocycles. The fourth-order valence-electron chi connectivity index (χ4n) is 3.19. The van der Waals surface area contributed by atoms with E-state index in [1.807, 2.05) is 11.8 Å². The lowest BCUT2D eigenvalue weighted by molar-refractivity contribution is 0.223. The Labute approximate surface area is 104 Å². The predicted molar refractivity (Wildman–Crippen MR) is 73.2 cm³/mol. The van der Waals surface area contributed by atoms with Gasteiger partial charge in [0.05, 0.1) is 11.9 Å². The van der Waals surface area contributed by atoms with Gasteiger partial charge in [-0.15, -0.1) is 11.8 Å². The van der Waals surface area contributed by atoms with E-state index in [4.69, 9.17) is 0 Å². The van der Waals surface area contributed by atoms with Crippen LogP contribution in [0.15, 0.2) is 22.3 Å². The minimum absolute atomic E-state index is 0.640. The Morgan fingerprint density at radius 1 is 1.25 bits per heavy atom. The van der Waals surface area contributed by atoms with E-state index in [1.54, 1.807) is 5.57 Å². The molecule has 0 radical (unpaired) electrons. The highest BCUT2D eigenvalue weighted by Crippen LogP contribution is 2.39. The first-order valence-corrected chi connectivity index (χ1v) is 7.24. The molecule has 0 N–H and O–H groups in total. The second-order valence-corrected chi connectivity index (χ2v) is 6.59. The van der Waals surface area contributed by atoms with E-state index >= 15 is 0 Å². The van der Waals surface area contributed by atoms with Gasteiger partial charge >= 0.3 is 0 Å². The first-order valence-electron chi connectivity index (χ1n) is 6.26. The minimum atomic E-state index is 0.640. The molecule has 1 unspecified atom stereocenters. The quantitative estimate of drug-likeness (QED) is 0.628. The number of rotatable bonds is 1. The molecular weight excluding hydrogens is 214 g/mol. The zero-order valence-corrected chi connectivity index (χ0v) is 11.9. The smallest absolute Gasteiger partial charge is 0.0686 e. The van der Waals surface area contributed by atoms with Crippen molar-refractivity contribution in [3.63, 3.8) is 0 Å². The highest BCUT2D eigenvalue weighted by Gasteiger charge is 2.33. The first-order chi connectivity index (χ1) is 7.50. The van der Waals surface area contributed by atoms with Crippen LogP contribution in [-0.4, -0.2) is 16.8 Å². The van der Waals surface area contributed by atoms with Crippen molar-refractivity contribution in [2.24, 2.45) is 11.8 Å². The van der Waals surface area contributed by atoms with Gasteiger partial charge in [-0.05, 0) is 39.0 Å². The SMILES string of the molecule is CC1=C[C@@H](C)CC(C)[C@H]1N1CSC(C)=C1C. The number of hydrogen-bond donors (Lipinski definition) is 0. The molecule has 0 aromatic heterocycles. The molecule has 0 bridgehead atoms. The molecule has 0 spiro atoms. The maximum absolute atomic E-state index is 2.60. The number of nitrogens with zero attached hydrogens (tertiary/aromatic N) is 1. The summed E-state index contributed by atoms with van der Waals surface area (Å²) in [6, 6.07) is 0.640. The second-order valence-electron chi connectivity index (χ2n) is 5.43. The molecule has 0 saturated carbocycles. The Morgan fingerprint density at radius 2 is 1.94 bits per heavy atom. The van der Waals surface area contributed by atoms with Crippen LogP contribution in [0.3, 0.4) is 0 Å². The molecule has 2 rings (SSSR count). The van der Waals surface area contributed by atoms with E-state index in [0.29, 0.717) is 6.04 Å². The third-order valence-electron chi connectivity index (χ3n) is 3.99. The molecule has 3 atom stereocenters. The van der Waals surface area contributed by atoms with Crippen LogP contribution < -0.4 is 0 Å². The summed E-state index contributed by atoms with van der Waals surface area (Å²) in [5.74, 6) is 2.68. The molecule has 2 heteroatoms. The van der Waals surface area contributed by atoms with Crippen LogP contribution >= 0.6 is 11.8 Å². The fourth-order valence-corrected chi connectivity index (χ4v) is 4.20. The maximum atomic E-state index is 2.60. The summed E-state index contributed by atoms with van der Waals surface area (Å²) in [5.41, 5.74) is 3.06. The molecule has 0 amide bonds. The minimum Gasteiger partial charge on any atom is -0.358 e. The van der Waals surface area contributed by atoms with Crippen molar-refractivity contribution in [3.05, 3.63) is 22.3 Å². The molecule has 1 heterocycles. The fraction of sp³-hybridized carbons (Fsp3) is 0.714. The van der Waals surface area contributed by atoms with E-state index in [-0.39, 0.29) is 0 Å². The average Bonchev–Trinajstić information content (AvgIpc) is 2.48. The standard InChI is InChI=1S/C14H23NS/c1-9-6-10(2)14(11(3)7-9)15-8-16-13(5)12(15)4/h6,9,11,14H,7-8H2,1-5H3/t9-,11?,14+/m1/s1. The Morgan fingerprint density at radius 3 is 2.44 bits per heavy atom. The van der Waals surface area contributed by atoms with Crippen LogP contribution in [0.4, 0.5) is 0 Å². The molecule has 1 nitrogen and oxygen atoms in total. The number of hydrogen-bond acceptors (Lipinski definition) is 2. The maximum Gasteiger partial charge on any atom is 0.0686 e. The lowest BCUT2D eigenvalue weighted by atomic mass is 9.80. The molecule has 0 aromatic carbocycles. The second kappa shape index (κ2) is 4.48. The Kier molecular flexibility index (Phi) is 3.39. The zero-order valence-electron chi connectivity index (χ0n) is 11.1. The summed E-state index contributed by atoms with van der Waals surface area (Å²) in [5, 5.41) is 0. The molecule has 0 saturated heterocycles. The Bertz CT molecular complexity index is 343. The first kappa shape index (κ1) is 12.1. The van der Waals surface area contributed by atoms with Crippen LogP contribution in [0, 0.1) is 11.8 Å². The predicted octanol–water partition coefficient (Wildman–Crippen LogP) is 4.23. The summed E-state index contributed by atoms with van der Waals surface area (Å²) in [4.78, 5) is 4.10. The summed E-state index contributed by atoms with van der Waals surface area (Å²) < 4.78 is 0. The van der Waals surface area contributed by atoms with Gasteiger partial charge in [-0.3, -0.25) is 0 Å². The zero-order chi connectivity index (χ0) is 11.9. The van der Waals surface area contributed by atoms with Crippen LogP contribution in [-0.2, 0) is 0 Å². The number of thioether (sulfide) groups is 1. The van der Waals surface area contributed by atoms with Crippen molar-refractivity contribution in [2.45, 2.75) is 47.1 Å². The van der Waals surface area contributed by atoms with Crippen LogP contribution in [0.5, 0.6) is 0 Å². The molecular formula is C14H23NS. The lowest BCUT2D eigenvalue weighted by Gasteiger charge is -2.39. The molecule has 16 heavy (non-hydrogen) atoms. The third-order valence-corrected chi connectivity index (χ3v) is 5.13. The van der Waals surface area contributed by atoms with Crippen LogP contribution in [0.2, 0.25) is 0 Å². The van der Waals surface area contributed by atoms with Gasteiger partial charge in [-0.1, -0.05) is 25.5 Å². The van der Waals surface area contributed by atoms with Crippen molar-refractivity contribution in [1.29, 1.82) is 0 Å². The van der Waals surface area contributed by atoms with Crippen molar-refractivity contribution in [2.75, 3.05) is 5.88 Å². The number of allylic oxidation sites excluding steroid dienone is 3. The van der Waals surface area contributed by atoms with E-state index in [9.17, 15) is 0 Å². The average molecular weight is 237 g/mol. The van der Waals surface area contributed by atoms with Crippen molar-refractivity contribution in [3.8, 4) is 0 Å². The summed E-state index contributed by atoms with van der Waals surface area (Å²) in [6.45, 7) is 11.6. The molecule has 1 aliphatic heterocycles. The molecule has 0 aromatic rings. The van der Waals surface area contributed by atoms with Gasteiger partial charge in [0.25, 0.3) is 0 Å². The van der Waals surface area contributed by atoms with Gasteiger partial charge < -0.3 is 4.90 Å². The Balaban J connectivity index is 2.24. The van der Waals surface area contributed by atoms with E-state index in [1.165, 1.54) is 17.0 Å². The van der Waals surface area contributed by atoms with Gasteiger partial charge in [0.2, 0.25) is 0 Å². The Hall–Kier alpha value is -0.370. The largest absolute Gasteiger partial charge is 0.358 e. The van der Waals surface area contributed by atoms with Crippen LogP contribution in [0.1, 0.15) is 41.0 Å². The van der Waals surface area contributed by atoms with Gasteiger partial charge in [0, 0.05) is 10.6 Å². The summed E-state index contributed by atoms with van der Waals surface area (Å²) in [6.07, 6.45) is 3.80. The molecule has 90 valence electrons. The highest BCUT2D eigenvalue weighted by molar-refractivity contribution is 8.03.